The van der Waals surface area contributed by atoms with E-state index >= 15 is 0 Å². The summed E-state index contributed by atoms with van der Waals surface area (Å²) in [6, 6.07) is 7.16. The summed E-state index contributed by atoms with van der Waals surface area (Å²) < 4.78 is 41.0. The standard InChI is InChI=1S/C16H11BrF3N3/c17-14-7-12(8-21-9-14)15-22-4-5-23(15)10-11-2-1-3-13(6-11)16(18,19)20/h1-9H,10H2. The lowest BCUT2D eigenvalue weighted by atomic mass is 10.1. The minimum absolute atomic E-state index is 0.297. The van der Waals surface area contributed by atoms with Gasteiger partial charge in [0.1, 0.15) is 5.82 Å². The Morgan fingerprint density at radius 1 is 1.13 bits per heavy atom. The molecule has 118 valence electrons. The van der Waals surface area contributed by atoms with Crippen LogP contribution < -0.4 is 0 Å². The fourth-order valence-corrected chi connectivity index (χ4v) is 2.64. The third kappa shape index (κ3) is 3.61. The number of hydrogen-bond donors (Lipinski definition) is 0. The smallest absolute Gasteiger partial charge is 0.327 e. The van der Waals surface area contributed by atoms with E-state index in [9.17, 15) is 13.2 Å². The van der Waals surface area contributed by atoms with Gasteiger partial charge in [-0.3, -0.25) is 4.98 Å². The Bertz CT molecular complexity index is 827. The van der Waals surface area contributed by atoms with Gasteiger partial charge in [-0.2, -0.15) is 13.2 Å². The molecule has 0 fully saturated rings. The highest BCUT2D eigenvalue weighted by atomic mass is 79.9. The van der Waals surface area contributed by atoms with Gasteiger partial charge >= 0.3 is 6.18 Å². The largest absolute Gasteiger partial charge is 0.416 e. The molecule has 3 rings (SSSR count). The third-order valence-electron chi connectivity index (χ3n) is 3.29. The normalized spacial score (nSPS) is 11.7. The van der Waals surface area contributed by atoms with Crippen LogP contribution in [0.3, 0.4) is 0 Å². The van der Waals surface area contributed by atoms with Crippen molar-refractivity contribution in [3.05, 3.63) is 70.7 Å². The Balaban J connectivity index is 1.92. The van der Waals surface area contributed by atoms with Gasteiger partial charge in [0, 0.05) is 41.4 Å². The van der Waals surface area contributed by atoms with Gasteiger partial charge in [0.2, 0.25) is 0 Å². The highest BCUT2D eigenvalue weighted by molar-refractivity contribution is 9.10. The fourth-order valence-electron chi connectivity index (χ4n) is 2.27. The lowest BCUT2D eigenvalue weighted by Gasteiger charge is -2.11. The van der Waals surface area contributed by atoms with E-state index in [1.165, 1.54) is 6.07 Å². The summed E-state index contributed by atoms with van der Waals surface area (Å²) in [5.74, 6) is 0.649. The van der Waals surface area contributed by atoms with Crippen LogP contribution in [0, 0.1) is 0 Å². The molecule has 0 atom stereocenters. The van der Waals surface area contributed by atoms with Crippen LogP contribution in [0.2, 0.25) is 0 Å². The number of aromatic nitrogens is 3. The van der Waals surface area contributed by atoms with Crippen molar-refractivity contribution in [2.24, 2.45) is 0 Å². The molecule has 7 heteroatoms. The molecule has 23 heavy (non-hydrogen) atoms. The Labute approximate surface area is 138 Å². The van der Waals surface area contributed by atoms with E-state index in [1.54, 1.807) is 35.4 Å². The summed E-state index contributed by atoms with van der Waals surface area (Å²) in [6.45, 7) is 0.297. The first-order chi connectivity index (χ1) is 10.9. The van der Waals surface area contributed by atoms with Crippen molar-refractivity contribution in [1.29, 1.82) is 0 Å². The summed E-state index contributed by atoms with van der Waals surface area (Å²) in [6.07, 6.45) is 2.32. The average molecular weight is 382 g/mol. The van der Waals surface area contributed by atoms with Crippen molar-refractivity contribution in [2.75, 3.05) is 0 Å². The summed E-state index contributed by atoms with van der Waals surface area (Å²) in [4.78, 5) is 8.36. The number of nitrogens with zero attached hydrogens (tertiary/aromatic N) is 3. The molecule has 2 aromatic heterocycles. The van der Waals surface area contributed by atoms with Crippen molar-refractivity contribution in [1.82, 2.24) is 14.5 Å². The number of imidazole rings is 1. The van der Waals surface area contributed by atoms with Crippen LogP contribution in [0.25, 0.3) is 11.4 Å². The topological polar surface area (TPSA) is 30.7 Å². The van der Waals surface area contributed by atoms with Gasteiger partial charge in [0.15, 0.2) is 0 Å². The molecule has 3 aromatic rings. The summed E-state index contributed by atoms with van der Waals surface area (Å²) in [5.41, 5.74) is 0.694. The molecule has 0 bridgehead atoms. The molecule has 0 N–H and O–H groups in total. The van der Waals surface area contributed by atoms with Crippen LogP contribution >= 0.6 is 15.9 Å². The van der Waals surface area contributed by atoms with E-state index in [0.29, 0.717) is 17.9 Å². The second-order valence-electron chi connectivity index (χ2n) is 4.97. The van der Waals surface area contributed by atoms with Crippen molar-refractivity contribution in [3.63, 3.8) is 0 Å². The minimum atomic E-state index is -4.35. The van der Waals surface area contributed by atoms with Crippen LogP contribution in [0.4, 0.5) is 13.2 Å². The Kier molecular flexibility index (Phi) is 4.21. The van der Waals surface area contributed by atoms with E-state index in [4.69, 9.17) is 0 Å². The van der Waals surface area contributed by atoms with Gasteiger partial charge in [0.05, 0.1) is 5.56 Å². The SMILES string of the molecule is FC(F)(F)c1cccc(Cn2ccnc2-c2cncc(Br)c2)c1. The molecule has 2 heterocycles. The molecular formula is C16H11BrF3N3. The monoisotopic (exact) mass is 381 g/mol. The predicted octanol–water partition coefficient (Wildman–Crippen LogP) is 4.77. The third-order valence-corrected chi connectivity index (χ3v) is 3.72. The molecule has 1 aromatic carbocycles. The van der Waals surface area contributed by atoms with E-state index in [2.05, 4.69) is 25.9 Å². The molecule has 0 saturated heterocycles. The fraction of sp³-hybridized carbons (Fsp3) is 0.125. The van der Waals surface area contributed by atoms with Crippen molar-refractivity contribution in [2.45, 2.75) is 12.7 Å². The Morgan fingerprint density at radius 3 is 2.70 bits per heavy atom. The van der Waals surface area contributed by atoms with E-state index in [-0.39, 0.29) is 0 Å². The highest BCUT2D eigenvalue weighted by Gasteiger charge is 2.30. The number of alkyl halides is 3. The van der Waals surface area contributed by atoms with Crippen LogP contribution in [-0.2, 0) is 12.7 Å². The first kappa shape index (κ1) is 15.7. The lowest BCUT2D eigenvalue weighted by molar-refractivity contribution is -0.137. The zero-order valence-electron chi connectivity index (χ0n) is 11.8. The zero-order valence-corrected chi connectivity index (χ0v) is 13.3. The number of benzene rings is 1. The number of halogens is 4. The number of hydrogen-bond acceptors (Lipinski definition) is 2. The average Bonchev–Trinajstić information content (AvgIpc) is 2.95. The molecule has 0 saturated carbocycles. The maximum Gasteiger partial charge on any atom is 0.416 e. The molecule has 0 spiro atoms. The second-order valence-corrected chi connectivity index (χ2v) is 5.88. The number of rotatable bonds is 3. The van der Waals surface area contributed by atoms with Gasteiger partial charge in [0.25, 0.3) is 0 Å². The van der Waals surface area contributed by atoms with Crippen LogP contribution in [-0.4, -0.2) is 14.5 Å². The quantitative estimate of drug-likeness (QED) is 0.653. The van der Waals surface area contributed by atoms with E-state index in [1.807, 2.05) is 6.07 Å². The highest BCUT2D eigenvalue weighted by Crippen LogP contribution is 2.30. The van der Waals surface area contributed by atoms with Crippen molar-refractivity contribution < 1.29 is 13.2 Å². The maximum absolute atomic E-state index is 12.8. The molecule has 0 aliphatic rings. The van der Waals surface area contributed by atoms with Crippen LogP contribution in [0.15, 0.2) is 59.6 Å². The Hall–Kier alpha value is -2.15. The van der Waals surface area contributed by atoms with Gasteiger partial charge in [-0.15, -0.1) is 0 Å². The predicted molar refractivity (Wildman–Crippen MR) is 83.7 cm³/mol. The molecule has 0 aliphatic carbocycles. The number of pyridine rings is 1. The zero-order chi connectivity index (χ0) is 16.4. The molecule has 0 aliphatic heterocycles. The Morgan fingerprint density at radius 2 is 1.96 bits per heavy atom. The minimum Gasteiger partial charge on any atom is -0.327 e. The van der Waals surface area contributed by atoms with Gasteiger partial charge in [-0.05, 0) is 39.7 Å². The van der Waals surface area contributed by atoms with Crippen molar-refractivity contribution in [3.8, 4) is 11.4 Å². The van der Waals surface area contributed by atoms with Crippen molar-refractivity contribution >= 4 is 15.9 Å². The molecule has 0 radical (unpaired) electrons. The first-order valence-electron chi connectivity index (χ1n) is 6.72. The van der Waals surface area contributed by atoms with Crippen LogP contribution in [0.1, 0.15) is 11.1 Å². The summed E-state index contributed by atoms with van der Waals surface area (Å²) in [7, 11) is 0. The maximum atomic E-state index is 12.8. The lowest BCUT2D eigenvalue weighted by Crippen LogP contribution is -2.07. The molecule has 0 unspecified atom stereocenters. The van der Waals surface area contributed by atoms with Gasteiger partial charge in [-0.25, -0.2) is 4.98 Å². The van der Waals surface area contributed by atoms with Crippen LogP contribution in [0.5, 0.6) is 0 Å². The molecule has 0 amide bonds. The molecular weight excluding hydrogens is 371 g/mol. The van der Waals surface area contributed by atoms with E-state index < -0.39 is 11.7 Å². The first-order valence-corrected chi connectivity index (χ1v) is 7.51. The summed E-state index contributed by atoms with van der Waals surface area (Å²) >= 11 is 3.35. The van der Waals surface area contributed by atoms with E-state index in [0.717, 1.165) is 22.2 Å². The van der Waals surface area contributed by atoms with Gasteiger partial charge < -0.3 is 4.57 Å². The van der Waals surface area contributed by atoms with Gasteiger partial charge in [-0.1, -0.05) is 12.1 Å². The summed E-state index contributed by atoms with van der Waals surface area (Å²) in [5, 5.41) is 0. The second kappa shape index (κ2) is 6.16. The molecule has 3 nitrogen and oxygen atoms in total.